The van der Waals surface area contributed by atoms with Crippen LogP contribution in [0.3, 0.4) is 0 Å². The van der Waals surface area contributed by atoms with Crippen molar-refractivity contribution in [3.05, 3.63) is 35.9 Å². The first-order chi connectivity index (χ1) is 8.01. The quantitative estimate of drug-likeness (QED) is 0.864. The molecule has 1 N–H and O–H groups in total. The Morgan fingerprint density at radius 2 is 1.71 bits per heavy atom. The fraction of sp³-hybridized carbons (Fsp3) is 0.533. The van der Waals surface area contributed by atoms with Gasteiger partial charge in [-0.05, 0) is 32.3 Å². The highest BCUT2D eigenvalue weighted by atomic mass is 16.4. The van der Waals surface area contributed by atoms with Crippen LogP contribution in [0.4, 0.5) is 0 Å². The first kappa shape index (κ1) is 12.2. The van der Waals surface area contributed by atoms with Crippen molar-refractivity contribution in [2.75, 3.05) is 0 Å². The lowest BCUT2D eigenvalue weighted by molar-refractivity contribution is -0.151. The Balaban J connectivity index is 2.51. The molecule has 2 heteroatoms. The van der Waals surface area contributed by atoms with Crippen molar-refractivity contribution in [2.45, 2.75) is 44.9 Å². The summed E-state index contributed by atoms with van der Waals surface area (Å²) in [5.74, 6) is -0.691. The number of hydrogen-bond acceptors (Lipinski definition) is 1. The van der Waals surface area contributed by atoms with Crippen molar-refractivity contribution in [3.63, 3.8) is 0 Å². The molecule has 92 valence electrons. The van der Waals surface area contributed by atoms with Crippen molar-refractivity contribution < 1.29 is 9.90 Å². The molecule has 0 unspecified atom stereocenters. The summed E-state index contributed by atoms with van der Waals surface area (Å²) < 4.78 is 0. The van der Waals surface area contributed by atoms with E-state index in [4.69, 9.17) is 0 Å². The van der Waals surface area contributed by atoms with Crippen LogP contribution in [0.5, 0.6) is 0 Å². The zero-order chi connectivity index (χ0) is 12.5. The predicted molar refractivity (Wildman–Crippen MR) is 68.0 cm³/mol. The Morgan fingerprint density at radius 3 is 2.18 bits per heavy atom. The van der Waals surface area contributed by atoms with Gasteiger partial charge < -0.3 is 5.11 Å². The van der Waals surface area contributed by atoms with Crippen LogP contribution >= 0.6 is 0 Å². The highest BCUT2D eigenvalue weighted by molar-refractivity contribution is 5.76. The standard InChI is InChI=1S/C15H20O2/c1-14(2,13(16)17)15(10-6-7-11-15)12-8-4-3-5-9-12/h3-5,8-9H,6-7,10-11H2,1-2H3,(H,16,17). The summed E-state index contributed by atoms with van der Waals surface area (Å²) in [6, 6.07) is 10.2. The van der Waals surface area contributed by atoms with Crippen molar-refractivity contribution in [1.82, 2.24) is 0 Å². The molecule has 0 heterocycles. The molecular formula is C15H20O2. The second kappa shape index (κ2) is 4.17. The van der Waals surface area contributed by atoms with Gasteiger partial charge in [0, 0.05) is 5.41 Å². The summed E-state index contributed by atoms with van der Waals surface area (Å²) in [6.07, 6.45) is 4.23. The third kappa shape index (κ3) is 1.76. The molecule has 17 heavy (non-hydrogen) atoms. The number of rotatable bonds is 3. The summed E-state index contributed by atoms with van der Waals surface area (Å²) in [6.45, 7) is 3.74. The maximum atomic E-state index is 11.6. The van der Waals surface area contributed by atoms with Crippen molar-refractivity contribution in [3.8, 4) is 0 Å². The van der Waals surface area contributed by atoms with E-state index in [9.17, 15) is 9.90 Å². The van der Waals surface area contributed by atoms with E-state index in [1.54, 1.807) is 0 Å². The van der Waals surface area contributed by atoms with Gasteiger partial charge in [-0.2, -0.15) is 0 Å². The Labute approximate surface area is 103 Å². The lowest BCUT2D eigenvalue weighted by Gasteiger charge is -2.42. The van der Waals surface area contributed by atoms with Crippen molar-refractivity contribution in [2.24, 2.45) is 5.41 Å². The van der Waals surface area contributed by atoms with Gasteiger partial charge in [-0.25, -0.2) is 0 Å². The van der Waals surface area contributed by atoms with E-state index in [2.05, 4.69) is 12.1 Å². The van der Waals surface area contributed by atoms with E-state index < -0.39 is 11.4 Å². The molecule has 1 aliphatic rings. The number of aliphatic carboxylic acids is 1. The number of carboxylic acid groups (broad SMARTS) is 1. The molecule has 0 bridgehead atoms. The van der Waals surface area contributed by atoms with Crippen LogP contribution in [0.2, 0.25) is 0 Å². The minimum absolute atomic E-state index is 0.194. The van der Waals surface area contributed by atoms with Crippen LogP contribution in [0.15, 0.2) is 30.3 Å². The number of hydrogen-bond donors (Lipinski definition) is 1. The lowest BCUT2D eigenvalue weighted by Crippen LogP contribution is -2.45. The Bertz CT molecular complexity index is 400. The average molecular weight is 232 g/mol. The fourth-order valence-corrected chi connectivity index (χ4v) is 3.21. The second-order valence-electron chi connectivity index (χ2n) is 5.59. The first-order valence-electron chi connectivity index (χ1n) is 6.30. The molecule has 1 aliphatic carbocycles. The smallest absolute Gasteiger partial charge is 0.309 e. The van der Waals surface area contributed by atoms with Gasteiger partial charge in [-0.3, -0.25) is 4.79 Å². The summed E-state index contributed by atoms with van der Waals surface area (Å²) in [5, 5.41) is 9.53. The average Bonchev–Trinajstić information content (AvgIpc) is 2.80. The highest BCUT2D eigenvalue weighted by Crippen LogP contribution is 2.53. The normalized spacial score (nSPS) is 19.2. The third-order valence-corrected chi connectivity index (χ3v) is 4.51. The molecule has 1 aromatic carbocycles. The van der Waals surface area contributed by atoms with E-state index >= 15 is 0 Å². The van der Waals surface area contributed by atoms with Crippen molar-refractivity contribution >= 4 is 5.97 Å². The molecule has 0 aromatic heterocycles. The molecule has 0 radical (unpaired) electrons. The molecular weight excluding hydrogens is 212 g/mol. The van der Waals surface area contributed by atoms with E-state index in [0.717, 1.165) is 25.7 Å². The molecule has 2 nitrogen and oxygen atoms in total. The van der Waals surface area contributed by atoms with Crippen molar-refractivity contribution in [1.29, 1.82) is 0 Å². The Kier molecular flexibility index (Phi) is 2.98. The van der Waals surface area contributed by atoms with Crippen LogP contribution in [0.1, 0.15) is 45.1 Å². The molecule has 0 aliphatic heterocycles. The SMILES string of the molecule is CC(C)(C(=O)O)C1(c2ccccc2)CCCC1. The van der Waals surface area contributed by atoms with Gasteiger partial charge in [-0.1, -0.05) is 43.2 Å². The zero-order valence-corrected chi connectivity index (χ0v) is 10.6. The summed E-state index contributed by atoms with van der Waals surface area (Å²) >= 11 is 0. The number of benzene rings is 1. The maximum absolute atomic E-state index is 11.6. The van der Waals surface area contributed by atoms with Gasteiger partial charge in [0.2, 0.25) is 0 Å². The molecule has 0 spiro atoms. The van der Waals surface area contributed by atoms with Gasteiger partial charge in [0.1, 0.15) is 0 Å². The fourth-order valence-electron chi connectivity index (χ4n) is 3.21. The van der Waals surface area contributed by atoms with Gasteiger partial charge >= 0.3 is 5.97 Å². The van der Waals surface area contributed by atoms with Gasteiger partial charge in [-0.15, -0.1) is 0 Å². The summed E-state index contributed by atoms with van der Waals surface area (Å²) in [4.78, 5) is 11.6. The van der Waals surface area contributed by atoms with Crippen LogP contribution < -0.4 is 0 Å². The van der Waals surface area contributed by atoms with Crippen LogP contribution in [-0.4, -0.2) is 11.1 Å². The van der Waals surface area contributed by atoms with Gasteiger partial charge in [0.15, 0.2) is 0 Å². The molecule has 1 aromatic rings. The lowest BCUT2D eigenvalue weighted by atomic mass is 9.60. The van der Waals surface area contributed by atoms with Gasteiger partial charge in [0.05, 0.1) is 5.41 Å². The molecule has 0 saturated heterocycles. The topological polar surface area (TPSA) is 37.3 Å². The predicted octanol–water partition coefficient (Wildman–Crippen LogP) is 3.61. The van der Waals surface area contributed by atoms with Crippen LogP contribution in [0.25, 0.3) is 0 Å². The molecule has 0 atom stereocenters. The minimum Gasteiger partial charge on any atom is -0.481 e. The zero-order valence-electron chi connectivity index (χ0n) is 10.6. The van der Waals surface area contributed by atoms with E-state index in [1.807, 2.05) is 32.0 Å². The largest absolute Gasteiger partial charge is 0.481 e. The van der Waals surface area contributed by atoms with E-state index in [-0.39, 0.29) is 5.41 Å². The Morgan fingerprint density at radius 1 is 1.18 bits per heavy atom. The number of carboxylic acids is 1. The summed E-state index contributed by atoms with van der Waals surface area (Å²) in [7, 11) is 0. The van der Waals surface area contributed by atoms with E-state index in [0.29, 0.717) is 0 Å². The molecule has 0 amide bonds. The van der Waals surface area contributed by atoms with Gasteiger partial charge in [0.25, 0.3) is 0 Å². The highest BCUT2D eigenvalue weighted by Gasteiger charge is 2.52. The first-order valence-corrected chi connectivity index (χ1v) is 6.30. The third-order valence-electron chi connectivity index (χ3n) is 4.51. The minimum atomic E-state index is -0.704. The van der Waals surface area contributed by atoms with Crippen LogP contribution in [0, 0.1) is 5.41 Å². The monoisotopic (exact) mass is 232 g/mol. The molecule has 1 saturated carbocycles. The summed E-state index contributed by atoms with van der Waals surface area (Å²) in [5.41, 5.74) is 0.287. The van der Waals surface area contributed by atoms with Crippen LogP contribution in [-0.2, 0) is 10.2 Å². The Hall–Kier alpha value is -1.31. The molecule has 1 fully saturated rings. The molecule has 2 rings (SSSR count). The maximum Gasteiger partial charge on any atom is 0.309 e. The number of carbonyl (C=O) groups is 1. The second-order valence-corrected chi connectivity index (χ2v) is 5.59. The van der Waals surface area contributed by atoms with E-state index in [1.165, 1.54) is 5.56 Å².